The number of benzene rings is 1. The Balaban J connectivity index is 1.51. The number of carbonyl (C=O) groups excluding carboxylic acids is 1. The van der Waals surface area contributed by atoms with E-state index in [9.17, 15) is 4.79 Å². The summed E-state index contributed by atoms with van der Waals surface area (Å²) in [6, 6.07) is 11.4. The summed E-state index contributed by atoms with van der Waals surface area (Å²) in [4.78, 5) is 18.8. The minimum atomic E-state index is -0.184. The van der Waals surface area contributed by atoms with Crippen molar-refractivity contribution in [2.24, 2.45) is 0 Å². The molecule has 2 heterocycles. The molecule has 1 aromatic carbocycles. The molecular formula is C18H21ClN4O. The van der Waals surface area contributed by atoms with E-state index in [1.165, 1.54) is 0 Å². The molecule has 2 amide bonds. The second kappa shape index (κ2) is 7.53. The molecule has 6 heteroatoms. The summed E-state index contributed by atoms with van der Waals surface area (Å²) in [5, 5.41) is 6.58. The Morgan fingerprint density at radius 2 is 2.00 bits per heavy atom. The van der Waals surface area contributed by atoms with Crippen LogP contribution in [0.25, 0.3) is 0 Å². The highest BCUT2D eigenvalue weighted by molar-refractivity contribution is 6.31. The van der Waals surface area contributed by atoms with E-state index in [4.69, 9.17) is 11.6 Å². The zero-order chi connectivity index (χ0) is 16.9. The average molecular weight is 345 g/mol. The number of piperidine rings is 1. The summed E-state index contributed by atoms with van der Waals surface area (Å²) < 4.78 is 0. The van der Waals surface area contributed by atoms with Gasteiger partial charge in [0.05, 0.1) is 0 Å². The van der Waals surface area contributed by atoms with Crippen LogP contribution < -0.4 is 15.5 Å². The minimum absolute atomic E-state index is 0.171. The van der Waals surface area contributed by atoms with Crippen LogP contribution in [0.5, 0.6) is 0 Å². The van der Waals surface area contributed by atoms with E-state index in [0.29, 0.717) is 5.02 Å². The number of carbonyl (C=O) groups is 1. The Morgan fingerprint density at radius 3 is 2.71 bits per heavy atom. The third kappa shape index (κ3) is 3.97. The van der Waals surface area contributed by atoms with Crippen LogP contribution in [-0.4, -0.2) is 30.1 Å². The topological polar surface area (TPSA) is 57.3 Å². The number of aromatic nitrogens is 1. The smallest absolute Gasteiger partial charge is 0.319 e. The number of rotatable bonds is 3. The summed E-state index contributed by atoms with van der Waals surface area (Å²) in [6.07, 6.45) is 3.61. The summed E-state index contributed by atoms with van der Waals surface area (Å²) >= 11 is 6.08. The van der Waals surface area contributed by atoms with Crippen LogP contribution in [0, 0.1) is 6.92 Å². The zero-order valence-corrected chi connectivity index (χ0v) is 14.4. The lowest BCUT2D eigenvalue weighted by Crippen LogP contribution is -2.46. The van der Waals surface area contributed by atoms with E-state index in [-0.39, 0.29) is 12.1 Å². The van der Waals surface area contributed by atoms with Crippen molar-refractivity contribution in [1.82, 2.24) is 10.3 Å². The van der Waals surface area contributed by atoms with Gasteiger partial charge in [-0.2, -0.15) is 0 Å². The number of nitrogens with zero attached hydrogens (tertiary/aromatic N) is 2. The molecule has 126 valence electrons. The summed E-state index contributed by atoms with van der Waals surface area (Å²) in [5.41, 5.74) is 1.62. The maximum absolute atomic E-state index is 12.2. The molecule has 1 aliphatic rings. The molecule has 2 N–H and O–H groups in total. The van der Waals surface area contributed by atoms with E-state index in [1.54, 1.807) is 6.20 Å². The Bertz CT molecular complexity index is 699. The van der Waals surface area contributed by atoms with Gasteiger partial charge in [-0.3, -0.25) is 0 Å². The van der Waals surface area contributed by atoms with Crippen molar-refractivity contribution in [2.45, 2.75) is 25.8 Å². The SMILES string of the molecule is Cc1c(Cl)cccc1NC(=O)NC1CCN(c2ccccn2)CC1. The van der Waals surface area contributed by atoms with Gasteiger partial charge in [-0.15, -0.1) is 0 Å². The molecule has 0 unspecified atom stereocenters. The van der Waals surface area contributed by atoms with Crippen molar-refractivity contribution in [3.63, 3.8) is 0 Å². The number of amides is 2. The average Bonchev–Trinajstić information content (AvgIpc) is 2.60. The first-order chi connectivity index (χ1) is 11.6. The third-order valence-electron chi connectivity index (χ3n) is 4.32. The second-order valence-electron chi connectivity index (χ2n) is 5.96. The van der Waals surface area contributed by atoms with E-state index >= 15 is 0 Å². The predicted octanol–water partition coefficient (Wildman–Crippen LogP) is 3.83. The fourth-order valence-electron chi connectivity index (χ4n) is 2.88. The lowest BCUT2D eigenvalue weighted by atomic mass is 10.1. The largest absolute Gasteiger partial charge is 0.356 e. The highest BCUT2D eigenvalue weighted by Crippen LogP contribution is 2.23. The Hall–Kier alpha value is -2.27. The molecule has 0 spiro atoms. The van der Waals surface area contributed by atoms with Gasteiger partial charge in [0.15, 0.2) is 0 Å². The maximum Gasteiger partial charge on any atom is 0.319 e. The fraction of sp³-hybridized carbons (Fsp3) is 0.333. The molecule has 3 rings (SSSR count). The normalized spacial score (nSPS) is 15.2. The Kier molecular flexibility index (Phi) is 5.20. The molecule has 1 fully saturated rings. The van der Waals surface area contributed by atoms with Gasteiger partial charge >= 0.3 is 6.03 Å². The van der Waals surface area contributed by atoms with Crippen molar-refractivity contribution < 1.29 is 4.79 Å². The molecule has 5 nitrogen and oxygen atoms in total. The third-order valence-corrected chi connectivity index (χ3v) is 4.73. The highest BCUT2D eigenvalue weighted by Gasteiger charge is 2.21. The van der Waals surface area contributed by atoms with Crippen LogP contribution in [0.15, 0.2) is 42.6 Å². The van der Waals surface area contributed by atoms with Crippen LogP contribution in [-0.2, 0) is 0 Å². The zero-order valence-electron chi connectivity index (χ0n) is 13.6. The van der Waals surface area contributed by atoms with Crippen LogP contribution in [0.2, 0.25) is 5.02 Å². The molecule has 1 aliphatic heterocycles. The van der Waals surface area contributed by atoms with Crippen LogP contribution in [0.1, 0.15) is 18.4 Å². The molecule has 24 heavy (non-hydrogen) atoms. The van der Waals surface area contributed by atoms with Crippen LogP contribution in [0.3, 0.4) is 0 Å². The number of hydrogen-bond donors (Lipinski definition) is 2. The van der Waals surface area contributed by atoms with Gasteiger partial charge in [-0.05, 0) is 49.6 Å². The van der Waals surface area contributed by atoms with Gasteiger partial charge in [0.1, 0.15) is 5.82 Å². The molecule has 0 saturated carbocycles. The molecule has 0 radical (unpaired) electrons. The van der Waals surface area contributed by atoms with Crippen molar-refractivity contribution in [3.8, 4) is 0 Å². The second-order valence-corrected chi connectivity index (χ2v) is 6.37. The minimum Gasteiger partial charge on any atom is -0.356 e. The predicted molar refractivity (Wildman–Crippen MR) is 97.8 cm³/mol. The molecular weight excluding hydrogens is 324 g/mol. The van der Waals surface area contributed by atoms with Crippen molar-refractivity contribution in [1.29, 1.82) is 0 Å². The molecule has 1 saturated heterocycles. The molecule has 0 aliphatic carbocycles. The quantitative estimate of drug-likeness (QED) is 0.889. The number of anilines is 2. The van der Waals surface area contributed by atoms with E-state index in [0.717, 1.165) is 43.0 Å². The first kappa shape index (κ1) is 16.6. The summed E-state index contributed by atoms with van der Waals surface area (Å²) in [5.74, 6) is 0.995. The van der Waals surface area contributed by atoms with Crippen LogP contribution >= 0.6 is 11.6 Å². The molecule has 0 bridgehead atoms. The number of nitrogens with one attached hydrogen (secondary N) is 2. The maximum atomic E-state index is 12.2. The Labute approximate surface area is 147 Å². The first-order valence-electron chi connectivity index (χ1n) is 8.12. The van der Waals surface area contributed by atoms with Crippen molar-refractivity contribution >= 4 is 29.1 Å². The summed E-state index contributed by atoms with van der Waals surface area (Å²) in [6.45, 7) is 3.67. The van der Waals surface area contributed by atoms with Gasteiger partial charge in [-0.1, -0.05) is 23.7 Å². The van der Waals surface area contributed by atoms with Gasteiger partial charge < -0.3 is 15.5 Å². The van der Waals surface area contributed by atoms with Crippen molar-refractivity contribution in [2.75, 3.05) is 23.3 Å². The van der Waals surface area contributed by atoms with E-state index < -0.39 is 0 Å². The standard InChI is InChI=1S/C18H21ClN4O/c1-13-15(19)5-4-6-16(13)22-18(24)21-14-8-11-23(12-9-14)17-7-2-3-10-20-17/h2-7,10,14H,8-9,11-12H2,1H3,(H2,21,22,24). The monoisotopic (exact) mass is 344 g/mol. The van der Waals surface area contributed by atoms with Gasteiger partial charge in [0.25, 0.3) is 0 Å². The molecule has 1 aromatic heterocycles. The summed E-state index contributed by atoms with van der Waals surface area (Å²) in [7, 11) is 0. The number of hydrogen-bond acceptors (Lipinski definition) is 3. The van der Waals surface area contributed by atoms with Crippen LogP contribution in [0.4, 0.5) is 16.3 Å². The van der Waals surface area contributed by atoms with E-state index in [1.807, 2.05) is 43.3 Å². The first-order valence-corrected chi connectivity index (χ1v) is 8.50. The van der Waals surface area contributed by atoms with Gasteiger partial charge in [0, 0.05) is 36.0 Å². The Morgan fingerprint density at radius 1 is 1.21 bits per heavy atom. The number of pyridine rings is 1. The molecule has 0 atom stereocenters. The fourth-order valence-corrected chi connectivity index (χ4v) is 3.05. The number of urea groups is 1. The van der Waals surface area contributed by atoms with Gasteiger partial charge in [0.2, 0.25) is 0 Å². The lowest BCUT2D eigenvalue weighted by Gasteiger charge is -2.33. The van der Waals surface area contributed by atoms with E-state index in [2.05, 4.69) is 20.5 Å². The molecule has 2 aromatic rings. The number of halogens is 1. The van der Waals surface area contributed by atoms with Crippen molar-refractivity contribution in [3.05, 3.63) is 53.2 Å². The van der Waals surface area contributed by atoms with Gasteiger partial charge in [-0.25, -0.2) is 9.78 Å². The highest BCUT2D eigenvalue weighted by atomic mass is 35.5. The lowest BCUT2D eigenvalue weighted by molar-refractivity contribution is 0.246.